The molecule has 1 N–H and O–H groups in total. The lowest BCUT2D eigenvalue weighted by Gasteiger charge is -2.14. The Morgan fingerprint density at radius 1 is 1.15 bits per heavy atom. The molecule has 1 aromatic carbocycles. The first-order valence-electron chi connectivity index (χ1n) is 6.24. The number of carboxylic acid groups (broad SMARTS) is 1. The van der Waals surface area contributed by atoms with E-state index in [2.05, 4.69) is 9.97 Å². The van der Waals surface area contributed by atoms with E-state index in [1.807, 2.05) is 0 Å². The van der Waals surface area contributed by atoms with Crippen molar-refractivity contribution in [2.24, 2.45) is 0 Å². The maximum atomic E-state index is 12.9. The van der Waals surface area contributed by atoms with Crippen LogP contribution < -0.4 is 0 Å². The molecule has 20 heavy (non-hydrogen) atoms. The number of aryl methyl sites for hydroxylation is 2. The molecule has 0 saturated heterocycles. The number of hydrogen-bond acceptors (Lipinski definition) is 3. The summed E-state index contributed by atoms with van der Waals surface area (Å²) in [5, 5.41) is 9.10. The van der Waals surface area contributed by atoms with Crippen LogP contribution in [-0.4, -0.2) is 21.0 Å². The monoisotopic (exact) mass is 274 g/mol. The van der Waals surface area contributed by atoms with Crippen LogP contribution in [0.4, 0.5) is 4.39 Å². The fraction of sp³-hybridized carbons (Fsp3) is 0.267. The molecule has 2 rings (SSSR count). The first-order chi connectivity index (χ1) is 9.40. The van der Waals surface area contributed by atoms with Gasteiger partial charge in [-0.15, -0.1) is 0 Å². The average molecular weight is 274 g/mol. The third-order valence-electron chi connectivity index (χ3n) is 3.23. The van der Waals surface area contributed by atoms with Crippen molar-refractivity contribution in [1.82, 2.24) is 9.97 Å². The van der Waals surface area contributed by atoms with E-state index >= 15 is 0 Å². The summed E-state index contributed by atoms with van der Waals surface area (Å²) in [4.78, 5) is 19.8. The minimum absolute atomic E-state index is 0.321. The summed E-state index contributed by atoms with van der Waals surface area (Å²) in [6.07, 6.45) is 0. The van der Waals surface area contributed by atoms with Gasteiger partial charge in [0, 0.05) is 22.5 Å². The molecule has 0 radical (unpaired) electrons. The van der Waals surface area contributed by atoms with Crippen molar-refractivity contribution in [2.45, 2.75) is 26.7 Å². The van der Waals surface area contributed by atoms with Gasteiger partial charge in [-0.2, -0.15) is 0 Å². The van der Waals surface area contributed by atoms with Crippen LogP contribution in [0.1, 0.15) is 29.8 Å². The molecule has 1 unspecified atom stereocenters. The molecule has 0 aliphatic carbocycles. The molecule has 0 aliphatic rings. The van der Waals surface area contributed by atoms with E-state index in [1.165, 1.54) is 12.1 Å². The maximum Gasteiger partial charge on any atom is 0.310 e. The van der Waals surface area contributed by atoms with Crippen LogP contribution in [0.2, 0.25) is 0 Å². The molecule has 0 spiro atoms. The highest BCUT2D eigenvalue weighted by atomic mass is 19.1. The lowest BCUT2D eigenvalue weighted by molar-refractivity contribution is -0.138. The standard InChI is InChI=1S/C15H15FN2O2/c1-8(15(19)20)13-9(2)17-14(18-10(13)3)11-4-6-12(16)7-5-11/h4-8H,1-3H3,(H,19,20). The molecule has 4 nitrogen and oxygen atoms in total. The van der Waals surface area contributed by atoms with Crippen LogP contribution in [0.15, 0.2) is 24.3 Å². The Hall–Kier alpha value is -2.30. The van der Waals surface area contributed by atoms with Crippen molar-refractivity contribution < 1.29 is 14.3 Å². The summed E-state index contributed by atoms with van der Waals surface area (Å²) >= 11 is 0. The number of rotatable bonds is 3. The number of aromatic nitrogens is 2. The second-order valence-electron chi connectivity index (χ2n) is 4.70. The molecule has 5 heteroatoms. The highest BCUT2D eigenvalue weighted by Gasteiger charge is 2.21. The molecular formula is C15H15FN2O2. The average Bonchev–Trinajstić information content (AvgIpc) is 2.38. The molecule has 2 aromatic rings. The number of nitrogens with zero attached hydrogens (tertiary/aromatic N) is 2. The maximum absolute atomic E-state index is 12.9. The van der Waals surface area contributed by atoms with E-state index in [0.29, 0.717) is 28.3 Å². The second kappa shape index (κ2) is 5.36. The number of carbonyl (C=O) groups is 1. The molecule has 0 fully saturated rings. The Bertz CT molecular complexity index is 630. The topological polar surface area (TPSA) is 63.1 Å². The predicted octanol–water partition coefficient (Wildman–Crippen LogP) is 3.09. The lowest BCUT2D eigenvalue weighted by Crippen LogP contribution is -2.13. The van der Waals surface area contributed by atoms with Crippen LogP contribution in [0.3, 0.4) is 0 Å². The summed E-state index contributed by atoms with van der Waals surface area (Å²) in [6, 6.07) is 5.89. The highest BCUT2D eigenvalue weighted by Crippen LogP contribution is 2.24. The van der Waals surface area contributed by atoms with Gasteiger partial charge in [-0.25, -0.2) is 14.4 Å². The van der Waals surface area contributed by atoms with Gasteiger partial charge in [-0.1, -0.05) is 0 Å². The van der Waals surface area contributed by atoms with Crippen molar-refractivity contribution in [3.8, 4) is 11.4 Å². The van der Waals surface area contributed by atoms with Gasteiger partial charge in [-0.05, 0) is 45.0 Å². The molecule has 104 valence electrons. The van der Waals surface area contributed by atoms with E-state index in [9.17, 15) is 9.18 Å². The molecule has 1 heterocycles. The first kappa shape index (κ1) is 14.1. The summed E-state index contributed by atoms with van der Waals surface area (Å²) in [5.41, 5.74) is 2.59. The zero-order valence-electron chi connectivity index (χ0n) is 11.5. The smallest absolute Gasteiger partial charge is 0.310 e. The van der Waals surface area contributed by atoms with Crippen molar-refractivity contribution in [1.29, 1.82) is 0 Å². The molecule has 0 amide bonds. The molecule has 0 aliphatic heterocycles. The van der Waals surface area contributed by atoms with Crippen LogP contribution in [0.25, 0.3) is 11.4 Å². The van der Waals surface area contributed by atoms with Crippen molar-refractivity contribution in [2.75, 3.05) is 0 Å². The highest BCUT2D eigenvalue weighted by molar-refractivity contribution is 5.76. The fourth-order valence-electron chi connectivity index (χ4n) is 2.20. The van der Waals surface area contributed by atoms with Crippen molar-refractivity contribution >= 4 is 5.97 Å². The largest absolute Gasteiger partial charge is 0.481 e. The Balaban J connectivity index is 2.50. The van der Waals surface area contributed by atoms with Gasteiger partial charge < -0.3 is 5.11 Å². The third-order valence-corrected chi connectivity index (χ3v) is 3.23. The van der Waals surface area contributed by atoms with Gasteiger partial charge in [-0.3, -0.25) is 4.79 Å². The number of aliphatic carboxylic acids is 1. The minimum Gasteiger partial charge on any atom is -0.481 e. The molecular weight excluding hydrogens is 259 g/mol. The quantitative estimate of drug-likeness (QED) is 0.934. The molecule has 1 atom stereocenters. The van der Waals surface area contributed by atoms with E-state index in [1.54, 1.807) is 32.9 Å². The van der Waals surface area contributed by atoms with Crippen LogP contribution in [-0.2, 0) is 4.79 Å². The fourth-order valence-corrected chi connectivity index (χ4v) is 2.20. The van der Waals surface area contributed by atoms with Gasteiger partial charge in [0.05, 0.1) is 5.92 Å². The van der Waals surface area contributed by atoms with Gasteiger partial charge in [0.2, 0.25) is 0 Å². The van der Waals surface area contributed by atoms with Crippen LogP contribution in [0, 0.1) is 19.7 Å². The second-order valence-corrected chi connectivity index (χ2v) is 4.70. The summed E-state index contributed by atoms with van der Waals surface area (Å²) in [5.74, 6) is -1.41. The zero-order valence-corrected chi connectivity index (χ0v) is 11.5. The Kier molecular flexibility index (Phi) is 3.79. The Morgan fingerprint density at radius 3 is 2.10 bits per heavy atom. The normalized spacial score (nSPS) is 12.2. The molecule has 1 aromatic heterocycles. The Morgan fingerprint density at radius 2 is 1.65 bits per heavy atom. The lowest BCUT2D eigenvalue weighted by atomic mass is 9.98. The van der Waals surface area contributed by atoms with Gasteiger partial charge >= 0.3 is 5.97 Å². The van der Waals surface area contributed by atoms with Gasteiger partial charge in [0.15, 0.2) is 5.82 Å². The Labute approximate surface area is 116 Å². The van der Waals surface area contributed by atoms with E-state index in [-0.39, 0.29) is 5.82 Å². The molecule has 0 saturated carbocycles. The summed E-state index contributed by atoms with van der Waals surface area (Å²) < 4.78 is 12.9. The zero-order chi connectivity index (χ0) is 14.9. The predicted molar refractivity (Wildman–Crippen MR) is 73.0 cm³/mol. The van der Waals surface area contributed by atoms with Crippen molar-refractivity contribution in [3.63, 3.8) is 0 Å². The van der Waals surface area contributed by atoms with Gasteiger partial charge in [0.1, 0.15) is 5.82 Å². The van der Waals surface area contributed by atoms with E-state index < -0.39 is 11.9 Å². The van der Waals surface area contributed by atoms with Gasteiger partial charge in [0.25, 0.3) is 0 Å². The summed E-state index contributed by atoms with van der Waals surface area (Å²) in [7, 11) is 0. The van der Waals surface area contributed by atoms with E-state index in [0.717, 1.165) is 0 Å². The number of hydrogen-bond donors (Lipinski definition) is 1. The van der Waals surface area contributed by atoms with Crippen LogP contribution in [0.5, 0.6) is 0 Å². The number of benzene rings is 1. The first-order valence-corrected chi connectivity index (χ1v) is 6.24. The molecule has 0 bridgehead atoms. The minimum atomic E-state index is -0.908. The summed E-state index contributed by atoms with van der Waals surface area (Å²) in [6.45, 7) is 5.13. The SMILES string of the molecule is Cc1nc(-c2ccc(F)cc2)nc(C)c1C(C)C(=O)O. The number of halogens is 1. The number of carboxylic acids is 1. The third kappa shape index (κ3) is 2.66. The van der Waals surface area contributed by atoms with Crippen molar-refractivity contribution in [3.05, 3.63) is 47.0 Å². The van der Waals surface area contributed by atoms with Crippen LogP contribution >= 0.6 is 0 Å². The van der Waals surface area contributed by atoms with E-state index in [4.69, 9.17) is 5.11 Å².